The normalized spacial score (nSPS) is 46.3. The summed E-state index contributed by atoms with van der Waals surface area (Å²) in [7, 11) is 0. The maximum absolute atomic E-state index is 3.75. The van der Waals surface area contributed by atoms with Crippen LogP contribution in [0.25, 0.3) is 0 Å². The van der Waals surface area contributed by atoms with Gasteiger partial charge in [-0.3, -0.25) is 0 Å². The minimum absolute atomic E-state index is 0.637. The predicted molar refractivity (Wildman–Crippen MR) is 78.8 cm³/mol. The fraction of sp³-hybridized carbons (Fsp3) is 0.667. The Labute approximate surface area is 116 Å². The first-order chi connectivity index (χ1) is 9.05. The summed E-state index contributed by atoms with van der Waals surface area (Å²) < 4.78 is 0. The van der Waals surface area contributed by atoms with Crippen molar-refractivity contribution < 1.29 is 0 Å². The monoisotopic (exact) mass is 255 g/mol. The molecule has 4 aliphatic carbocycles. The molecule has 0 aromatic heterocycles. The van der Waals surface area contributed by atoms with E-state index in [1.807, 2.05) is 0 Å². The Morgan fingerprint density at radius 2 is 1.68 bits per heavy atom. The molecular weight excluding hydrogens is 230 g/mol. The minimum atomic E-state index is 0.637. The van der Waals surface area contributed by atoms with E-state index >= 15 is 0 Å². The number of rotatable bonds is 4. The summed E-state index contributed by atoms with van der Waals surface area (Å²) in [5.41, 5.74) is 3.37. The summed E-state index contributed by atoms with van der Waals surface area (Å²) in [5.74, 6) is 1.01. The summed E-state index contributed by atoms with van der Waals surface area (Å²) in [6, 6.07) is 10.8. The van der Waals surface area contributed by atoms with E-state index in [4.69, 9.17) is 0 Å². The van der Waals surface area contributed by atoms with Crippen LogP contribution in [0.4, 0.5) is 0 Å². The molecule has 0 spiro atoms. The van der Waals surface area contributed by atoms with Gasteiger partial charge in [-0.2, -0.15) is 0 Å². The van der Waals surface area contributed by atoms with E-state index in [1.165, 1.54) is 37.8 Å². The highest BCUT2D eigenvalue weighted by molar-refractivity contribution is 5.23. The van der Waals surface area contributed by atoms with Gasteiger partial charge < -0.3 is 5.32 Å². The lowest BCUT2D eigenvalue weighted by molar-refractivity contribution is 0.157. The molecule has 0 radical (unpaired) electrons. The van der Waals surface area contributed by atoms with Crippen molar-refractivity contribution in [3.05, 3.63) is 35.9 Å². The second-order valence-electron chi connectivity index (χ2n) is 8.03. The van der Waals surface area contributed by atoms with Gasteiger partial charge >= 0.3 is 0 Å². The first-order valence-electron chi connectivity index (χ1n) is 7.80. The average Bonchev–Trinajstić information content (AvgIpc) is 2.93. The summed E-state index contributed by atoms with van der Waals surface area (Å²) in [4.78, 5) is 0. The van der Waals surface area contributed by atoms with Gasteiger partial charge in [0.25, 0.3) is 0 Å². The third-order valence-corrected chi connectivity index (χ3v) is 6.85. The second-order valence-corrected chi connectivity index (χ2v) is 8.03. The molecule has 0 saturated heterocycles. The fourth-order valence-electron chi connectivity index (χ4n) is 5.88. The van der Waals surface area contributed by atoms with Crippen LogP contribution in [-0.4, -0.2) is 6.54 Å². The highest BCUT2D eigenvalue weighted by Crippen LogP contribution is 2.81. The van der Waals surface area contributed by atoms with Crippen LogP contribution in [0.5, 0.6) is 0 Å². The summed E-state index contributed by atoms with van der Waals surface area (Å²) in [5, 5.41) is 3.75. The molecule has 1 aromatic rings. The quantitative estimate of drug-likeness (QED) is 0.857. The maximum Gasteiger partial charge on any atom is 0.0205 e. The second kappa shape index (κ2) is 3.63. The molecule has 4 saturated carbocycles. The summed E-state index contributed by atoms with van der Waals surface area (Å²) >= 11 is 0. The van der Waals surface area contributed by atoms with Crippen LogP contribution >= 0.6 is 0 Å². The van der Waals surface area contributed by atoms with E-state index in [9.17, 15) is 0 Å². The van der Waals surface area contributed by atoms with Crippen LogP contribution < -0.4 is 5.32 Å². The molecule has 0 heterocycles. The van der Waals surface area contributed by atoms with Crippen LogP contribution in [0.2, 0.25) is 0 Å². The molecule has 0 aliphatic heterocycles. The third kappa shape index (κ3) is 1.51. The van der Waals surface area contributed by atoms with E-state index in [1.54, 1.807) is 0 Å². The molecule has 1 N–H and O–H groups in total. The van der Waals surface area contributed by atoms with Crippen molar-refractivity contribution in [2.75, 3.05) is 6.54 Å². The fourth-order valence-corrected chi connectivity index (χ4v) is 5.88. The van der Waals surface area contributed by atoms with Crippen molar-refractivity contribution in [1.82, 2.24) is 5.32 Å². The predicted octanol–water partition coefficient (Wildman–Crippen LogP) is 3.99. The number of hydrogen-bond acceptors (Lipinski definition) is 1. The Kier molecular flexibility index (Phi) is 2.29. The van der Waals surface area contributed by atoms with Gasteiger partial charge in [0.1, 0.15) is 0 Å². The van der Waals surface area contributed by atoms with Gasteiger partial charge in [-0.15, -0.1) is 0 Å². The topological polar surface area (TPSA) is 12.0 Å². The average molecular weight is 255 g/mol. The van der Waals surface area contributed by atoms with Crippen LogP contribution in [-0.2, 0) is 6.54 Å². The minimum Gasteiger partial charge on any atom is -0.312 e. The SMILES string of the molecule is CC12CC3CC1(C)CC3(CNCc1ccccc1)C2. The van der Waals surface area contributed by atoms with Gasteiger partial charge in [0.15, 0.2) is 0 Å². The van der Waals surface area contributed by atoms with Gasteiger partial charge in [-0.05, 0) is 53.4 Å². The van der Waals surface area contributed by atoms with Crippen molar-refractivity contribution >= 4 is 0 Å². The van der Waals surface area contributed by atoms with Gasteiger partial charge in [0.05, 0.1) is 0 Å². The van der Waals surface area contributed by atoms with Crippen molar-refractivity contribution in [3.8, 4) is 0 Å². The van der Waals surface area contributed by atoms with E-state index in [2.05, 4.69) is 49.5 Å². The molecule has 0 amide bonds. The number of nitrogens with one attached hydrogen (secondary N) is 1. The van der Waals surface area contributed by atoms with Crippen LogP contribution in [0, 0.1) is 22.2 Å². The summed E-state index contributed by atoms with van der Waals surface area (Å²) in [6.45, 7) is 7.37. The molecule has 2 unspecified atom stereocenters. The highest BCUT2D eigenvalue weighted by Gasteiger charge is 2.73. The molecule has 4 aliphatic rings. The standard InChI is InChI=1S/C18H25N/c1-16-8-15-9-17(16,2)12-18(15,11-16)13-19-10-14-6-4-3-5-7-14/h3-7,15,19H,8-13H2,1-2H3. The van der Waals surface area contributed by atoms with Gasteiger partial charge in [-0.1, -0.05) is 44.2 Å². The smallest absolute Gasteiger partial charge is 0.0205 e. The van der Waals surface area contributed by atoms with Gasteiger partial charge in [0.2, 0.25) is 0 Å². The van der Waals surface area contributed by atoms with Crippen LogP contribution in [0.15, 0.2) is 30.3 Å². The third-order valence-electron chi connectivity index (χ3n) is 6.85. The Bertz CT molecular complexity index is 474. The number of hydrogen-bond donors (Lipinski definition) is 1. The van der Waals surface area contributed by atoms with E-state index in [-0.39, 0.29) is 0 Å². The van der Waals surface area contributed by atoms with Crippen molar-refractivity contribution in [1.29, 1.82) is 0 Å². The van der Waals surface area contributed by atoms with Crippen LogP contribution in [0.1, 0.15) is 45.1 Å². The lowest BCUT2D eigenvalue weighted by Crippen LogP contribution is -2.33. The lowest BCUT2D eigenvalue weighted by Gasteiger charge is -2.34. The molecular formula is C18H25N. The van der Waals surface area contributed by atoms with E-state index < -0.39 is 0 Å². The molecule has 1 heteroatoms. The maximum atomic E-state index is 3.75. The zero-order valence-electron chi connectivity index (χ0n) is 12.2. The van der Waals surface area contributed by atoms with Crippen LogP contribution in [0.3, 0.4) is 0 Å². The molecule has 4 fully saturated rings. The van der Waals surface area contributed by atoms with Gasteiger partial charge in [0, 0.05) is 13.1 Å². The largest absolute Gasteiger partial charge is 0.312 e. The first kappa shape index (κ1) is 12.0. The zero-order chi connectivity index (χ0) is 13.1. The van der Waals surface area contributed by atoms with E-state index in [0.29, 0.717) is 16.2 Å². The first-order valence-corrected chi connectivity index (χ1v) is 7.80. The molecule has 102 valence electrons. The Morgan fingerprint density at radius 1 is 1.05 bits per heavy atom. The van der Waals surface area contributed by atoms with Crippen molar-refractivity contribution in [2.24, 2.45) is 22.2 Å². The Balaban J connectivity index is 1.43. The molecule has 1 aromatic carbocycles. The lowest BCUT2D eigenvalue weighted by atomic mass is 9.71. The van der Waals surface area contributed by atoms with Crippen molar-refractivity contribution in [2.45, 2.75) is 46.1 Å². The van der Waals surface area contributed by atoms with E-state index in [0.717, 1.165) is 12.5 Å². The summed E-state index contributed by atoms with van der Waals surface area (Å²) in [6.07, 6.45) is 5.94. The Morgan fingerprint density at radius 3 is 2.21 bits per heavy atom. The molecule has 5 rings (SSSR count). The molecule has 2 atom stereocenters. The Hall–Kier alpha value is -0.820. The number of benzene rings is 1. The highest BCUT2D eigenvalue weighted by atomic mass is 14.9. The molecule has 4 bridgehead atoms. The molecule has 19 heavy (non-hydrogen) atoms. The zero-order valence-corrected chi connectivity index (χ0v) is 12.2. The van der Waals surface area contributed by atoms with Crippen molar-refractivity contribution in [3.63, 3.8) is 0 Å². The molecule has 1 nitrogen and oxygen atoms in total. The van der Waals surface area contributed by atoms with Gasteiger partial charge in [-0.25, -0.2) is 0 Å².